The van der Waals surface area contributed by atoms with E-state index in [2.05, 4.69) is 5.32 Å². The predicted molar refractivity (Wildman–Crippen MR) is 100 cm³/mol. The molecule has 2 aromatic carbocycles. The number of amides is 2. The molecule has 1 heterocycles. The van der Waals surface area contributed by atoms with Crippen molar-refractivity contribution in [1.82, 2.24) is 0 Å². The molecule has 7 heteroatoms. The number of hydrogen-bond donors (Lipinski definition) is 2. The second kappa shape index (κ2) is 7.99. The van der Waals surface area contributed by atoms with Gasteiger partial charge in [0.05, 0.1) is 17.9 Å². The van der Waals surface area contributed by atoms with E-state index in [0.717, 1.165) is 17.7 Å². The topological polar surface area (TPSA) is 99.9 Å². The number of rotatable bonds is 7. The number of ether oxygens (including phenoxy) is 3. The Kier molecular flexibility index (Phi) is 5.49. The van der Waals surface area contributed by atoms with Crippen molar-refractivity contribution in [2.75, 3.05) is 18.5 Å². The highest BCUT2D eigenvalue weighted by Gasteiger charge is 2.22. The highest BCUT2D eigenvalue weighted by atomic mass is 16.5. The van der Waals surface area contributed by atoms with Crippen LogP contribution in [0.25, 0.3) is 0 Å². The fourth-order valence-corrected chi connectivity index (χ4v) is 2.94. The summed E-state index contributed by atoms with van der Waals surface area (Å²) in [5, 5.41) is 2.77. The van der Waals surface area contributed by atoms with Crippen LogP contribution >= 0.6 is 0 Å². The van der Waals surface area contributed by atoms with Gasteiger partial charge in [0.25, 0.3) is 11.8 Å². The summed E-state index contributed by atoms with van der Waals surface area (Å²) in [5.74, 6) is 0.577. The van der Waals surface area contributed by atoms with Crippen molar-refractivity contribution in [1.29, 1.82) is 0 Å². The number of fused-ring (bicyclic) bond motifs is 1. The minimum atomic E-state index is -0.616. The summed E-state index contributed by atoms with van der Waals surface area (Å²) in [6.07, 6.45) is 0.894. The van der Waals surface area contributed by atoms with Crippen molar-refractivity contribution in [2.24, 2.45) is 5.73 Å². The summed E-state index contributed by atoms with van der Waals surface area (Å²) in [4.78, 5) is 23.8. The molecule has 0 saturated carbocycles. The van der Waals surface area contributed by atoms with Crippen LogP contribution in [0, 0.1) is 0 Å². The highest BCUT2D eigenvalue weighted by molar-refractivity contribution is 5.96. The molecular weight excluding hydrogens is 348 g/mol. The molecule has 1 aliphatic heterocycles. The van der Waals surface area contributed by atoms with Crippen molar-refractivity contribution >= 4 is 17.5 Å². The number of hydrogen-bond acceptors (Lipinski definition) is 5. The molecule has 1 aliphatic rings. The molecule has 0 spiro atoms. The van der Waals surface area contributed by atoms with E-state index in [-0.39, 0.29) is 29.9 Å². The van der Waals surface area contributed by atoms with Crippen molar-refractivity contribution in [3.8, 4) is 17.2 Å². The first-order chi connectivity index (χ1) is 13.0. The first kappa shape index (κ1) is 18.6. The van der Waals surface area contributed by atoms with Gasteiger partial charge in [-0.1, -0.05) is 12.1 Å². The molecule has 0 aliphatic carbocycles. The van der Waals surface area contributed by atoms with E-state index >= 15 is 0 Å². The van der Waals surface area contributed by atoms with Gasteiger partial charge in [0, 0.05) is 18.1 Å². The van der Waals surface area contributed by atoms with Crippen LogP contribution in [0.5, 0.6) is 17.2 Å². The number of carbonyl (C=O) groups is 2. The van der Waals surface area contributed by atoms with Gasteiger partial charge in [-0.3, -0.25) is 9.59 Å². The Labute approximate surface area is 157 Å². The molecule has 3 N–H and O–H groups in total. The maximum atomic E-state index is 12.3. The Morgan fingerprint density at radius 1 is 1.22 bits per heavy atom. The van der Waals surface area contributed by atoms with E-state index < -0.39 is 5.91 Å². The first-order valence-corrected chi connectivity index (χ1v) is 8.75. The lowest BCUT2D eigenvalue weighted by molar-refractivity contribution is -0.118. The first-order valence-electron chi connectivity index (χ1n) is 8.75. The second-order valence-electron chi connectivity index (χ2n) is 6.22. The number of nitrogens with two attached hydrogens (primary N) is 1. The van der Waals surface area contributed by atoms with Crippen LogP contribution in [-0.4, -0.2) is 31.1 Å². The Hall–Kier alpha value is -3.22. The molecule has 7 nitrogen and oxygen atoms in total. The van der Waals surface area contributed by atoms with Crippen molar-refractivity contribution in [2.45, 2.75) is 26.4 Å². The Bertz CT molecular complexity index is 865. The Morgan fingerprint density at radius 2 is 2.00 bits per heavy atom. The molecule has 0 saturated heterocycles. The molecule has 2 amide bonds. The van der Waals surface area contributed by atoms with Crippen LogP contribution < -0.4 is 25.3 Å². The summed E-state index contributed by atoms with van der Waals surface area (Å²) in [6.45, 7) is 4.06. The fourth-order valence-electron chi connectivity index (χ4n) is 2.94. The van der Waals surface area contributed by atoms with Crippen LogP contribution in [0.3, 0.4) is 0 Å². The van der Waals surface area contributed by atoms with E-state index in [1.807, 2.05) is 19.9 Å². The van der Waals surface area contributed by atoms with Crippen molar-refractivity contribution in [3.63, 3.8) is 0 Å². The summed E-state index contributed by atoms with van der Waals surface area (Å²) in [5.41, 5.74) is 7.10. The second-order valence-corrected chi connectivity index (χ2v) is 6.22. The molecule has 2 aromatic rings. The van der Waals surface area contributed by atoms with Gasteiger partial charge in [-0.15, -0.1) is 0 Å². The third kappa shape index (κ3) is 4.31. The standard InChI is InChI=1S/C20H22N2O5/c1-3-25-18-9-13-8-12(2)27-17(13)10-15(18)22-19(23)11-26-16-7-5-4-6-14(16)20(21)24/h4-7,9-10,12H,3,8,11H2,1-2H3,(H2,21,24)(H,22,23)/t12-/m0/s1. The zero-order chi connectivity index (χ0) is 19.4. The molecule has 1 atom stereocenters. The van der Waals surface area contributed by atoms with Crippen LogP contribution in [0.1, 0.15) is 29.8 Å². The largest absolute Gasteiger partial charge is 0.492 e. The van der Waals surface area contributed by atoms with E-state index in [1.54, 1.807) is 30.3 Å². The minimum Gasteiger partial charge on any atom is -0.492 e. The zero-order valence-electron chi connectivity index (χ0n) is 15.3. The van der Waals surface area contributed by atoms with Crippen molar-refractivity contribution < 1.29 is 23.8 Å². The number of carbonyl (C=O) groups excluding carboxylic acids is 2. The lowest BCUT2D eigenvalue weighted by Gasteiger charge is -2.14. The lowest BCUT2D eigenvalue weighted by Crippen LogP contribution is -2.22. The molecule has 0 aromatic heterocycles. The summed E-state index contributed by atoms with van der Waals surface area (Å²) < 4.78 is 16.8. The van der Waals surface area contributed by atoms with Gasteiger partial charge in [-0.25, -0.2) is 0 Å². The van der Waals surface area contributed by atoms with Crippen LogP contribution in [-0.2, 0) is 11.2 Å². The third-order valence-corrected chi connectivity index (χ3v) is 4.08. The average molecular weight is 370 g/mol. The average Bonchev–Trinajstić information content (AvgIpc) is 2.99. The highest BCUT2D eigenvalue weighted by Crippen LogP contribution is 2.38. The predicted octanol–water partition coefficient (Wildman–Crippen LogP) is 2.53. The number of benzene rings is 2. The lowest BCUT2D eigenvalue weighted by atomic mass is 10.1. The summed E-state index contributed by atoms with van der Waals surface area (Å²) >= 11 is 0. The monoisotopic (exact) mass is 370 g/mol. The van der Waals surface area contributed by atoms with Gasteiger partial charge >= 0.3 is 0 Å². The van der Waals surface area contributed by atoms with Gasteiger partial charge in [0.2, 0.25) is 0 Å². The zero-order valence-corrected chi connectivity index (χ0v) is 15.3. The van der Waals surface area contributed by atoms with Crippen LogP contribution in [0.2, 0.25) is 0 Å². The number of nitrogens with one attached hydrogen (secondary N) is 1. The van der Waals surface area contributed by atoms with E-state index in [1.165, 1.54) is 0 Å². The number of primary amides is 1. The van der Waals surface area contributed by atoms with Crippen LogP contribution in [0.15, 0.2) is 36.4 Å². The Morgan fingerprint density at radius 3 is 2.74 bits per heavy atom. The molecule has 0 radical (unpaired) electrons. The van der Waals surface area contributed by atoms with Gasteiger partial charge < -0.3 is 25.3 Å². The van der Waals surface area contributed by atoms with E-state index in [4.69, 9.17) is 19.9 Å². The molecule has 0 fully saturated rings. The summed E-state index contributed by atoms with van der Waals surface area (Å²) in [6, 6.07) is 10.2. The smallest absolute Gasteiger partial charge is 0.262 e. The van der Waals surface area contributed by atoms with Gasteiger partial charge in [-0.2, -0.15) is 0 Å². The summed E-state index contributed by atoms with van der Waals surface area (Å²) in [7, 11) is 0. The maximum Gasteiger partial charge on any atom is 0.262 e. The van der Waals surface area contributed by atoms with Crippen LogP contribution in [0.4, 0.5) is 5.69 Å². The molecule has 142 valence electrons. The van der Waals surface area contributed by atoms with E-state index in [0.29, 0.717) is 18.0 Å². The number of anilines is 1. The SMILES string of the molecule is CCOc1cc2c(cc1NC(=O)COc1ccccc1C(N)=O)O[C@@H](C)C2. The molecule has 3 rings (SSSR count). The van der Waals surface area contributed by atoms with Crippen molar-refractivity contribution in [3.05, 3.63) is 47.5 Å². The molecule has 0 unspecified atom stereocenters. The fraction of sp³-hybridized carbons (Fsp3) is 0.300. The van der Waals surface area contributed by atoms with Gasteiger partial charge in [0.1, 0.15) is 23.4 Å². The normalized spacial score (nSPS) is 14.8. The molecular formula is C20H22N2O5. The molecule has 27 heavy (non-hydrogen) atoms. The van der Waals surface area contributed by atoms with Gasteiger partial charge in [0.15, 0.2) is 6.61 Å². The Balaban J connectivity index is 1.71. The third-order valence-electron chi connectivity index (χ3n) is 4.08. The maximum absolute atomic E-state index is 12.3. The minimum absolute atomic E-state index is 0.0917. The van der Waals surface area contributed by atoms with Gasteiger partial charge in [-0.05, 0) is 32.0 Å². The number of para-hydroxylation sites is 1. The quantitative estimate of drug-likeness (QED) is 0.780. The van der Waals surface area contributed by atoms with E-state index in [9.17, 15) is 9.59 Å². The molecule has 0 bridgehead atoms.